The second-order valence-corrected chi connectivity index (χ2v) is 4.79. The minimum absolute atomic E-state index is 0.241. The van der Waals surface area contributed by atoms with E-state index in [2.05, 4.69) is 5.32 Å². The summed E-state index contributed by atoms with van der Waals surface area (Å²) in [6.07, 6.45) is 0. The number of nitrogens with one attached hydrogen (secondary N) is 1. The van der Waals surface area contributed by atoms with E-state index >= 15 is 0 Å². The zero-order chi connectivity index (χ0) is 13.8. The number of carbonyl (C=O) groups is 2. The Balaban J connectivity index is 2.29. The zero-order valence-corrected chi connectivity index (χ0v) is 11.4. The highest BCUT2D eigenvalue weighted by Gasteiger charge is 2.15. The molecular formula is C14H13NO3S. The summed E-state index contributed by atoms with van der Waals surface area (Å²) in [5.41, 5.74) is 2.30. The van der Waals surface area contributed by atoms with Gasteiger partial charge in [-0.1, -0.05) is 11.6 Å². The molecule has 1 heterocycles. The minimum atomic E-state index is -0.468. The van der Waals surface area contributed by atoms with Gasteiger partial charge in [-0.3, -0.25) is 4.79 Å². The number of hydrogen-bond donors (Lipinski definition) is 1. The van der Waals surface area contributed by atoms with Gasteiger partial charge in [0.15, 0.2) is 0 Å². The van der Waals surface area contributed by atoms with Crippen molar-refractivity contribution in [1.29, 1.82) is 0 Å². The molecule has 1 N–H and O–H groups in total. The summed E-state index contributed by atoms with van der Waals surface area (Å²) in [5, 5.41) is 6.30. The Kier molecular flexibility index (Phi) is 3.97. The van der Waals surface area contributed by atoms with Gasteiger partial charge in [0.05, 0.1) is 23.9 Å². The number of thiophene rings is 1. The van der Waals surface area contributed by atoms with Crippen molar-refractivity contribution in [1.82, 2.24) is 0 Å². The molecule has 1 aromatic heterocycles. The second-order valence-electron chi connectivity index (χ2n) is 4.01. The van der Waals surface area contributed by atoms with E-state index in [0.717, 1.165) is 5.56 Å². The summed E-state index contributed by atoms with van der Waals surface area (Å²) in [6.45, 7) is 1.87. The number of rotatable bonds is 3. The summed E-state index contributed by atoms with van der Waals surface area (Å²) >= 11 is 1.44. The summed E-state index contributed by atoms with van der Waals surface area (Å²) < 4.78 is 4.72. The lowest BCUT2D eigenvalue weighted by Gasteiger charge is -2.10. The topological polar surface area (TPSA) is 55.4 Å². The van der Waals surface area contributed by atoms with Gasteiger partial charge in [0.25, 0.3) is 5.91 Å². The van der Waals surface area contributed by atoms with E-state index in [-0.39, 0.29) is 5.91 Å². The minimum Gasteiger partial charge on any atom is -0.465 e. The lowest BCUT2D eigenvalue weighted by molar-refractivity contribution is 0.0602. The Hall–Kier alpha value is -2.14. The standard InChI is InChI=1S/C14H13NO3S/c1-9-3-4-12(11(7-9)14(17)18-2)15-13(16)10-5-6-19-8-10/h3-8H,1-2H3,(H,15,16). The Morgan fingerprint density at radius 2 is 2.05 bits per heavy atom. The van der Waals surface area contributed by atoms with Crippen molar-refractivity contribution in [3.05, 3.63) is 51.7 Å². The Morgan fingerprint density at radius 3 is 2.68 bits per heavy atom. The highest BCUT2D eigenvalue weighted by atomic mass is 32.1. The molecule has 2 aromatic rings. The van der Waals surface area contributed by atoms with E-state index < -0.39 is 5.97 Å². The van der Waals surface area contributed by atoms with E-state index in [4.69, 9.17) is 4.74 Å². The number of anilines is 1. The van der Waals surface area contributed by atoms with Crippen LogP contribution in [0.3, 0.4) is 0 Å². The van der Waals surface area contributed by atoms with Crippen LogP contribution in [0.25, 0.3) is 0 Å². The molecule has 0 spiro atoms. The number of esters is 1. The van der Waals surface area contributed by atoms with Crippen molar-refractivity contribution in [2.75, 3.05) is 12.4 Å². The molecule has 0 atom stereocenters. The van der Waals surface area contributed by atoms with Gasteiger partial charge in [-0.15, -0.1) is 0 Å². The van der Waals surface area contributed by atoms with Crippen LogP contribution < -0.4 is 5.32 Å². The van der Waals surface area contributed by atoms with Gasteiger partial charge in [0, 0.05) is 5.38 Å². The van der Waals surface area contributed by atoms with Crippen LogP contribution in [-0.4, -0.2) is 19.0 Å². The number of carbonyl (C=O) groups excluding carboxylic acids is 2. The SMILES string of the molecule is COC(=O)c1cc(C)ccc1NC(=O)c1ccsc1. The predicted octanol–water partition coefficient (Wildman–Crippen LogP) is 3.10. The number of amides is 1. The third-order valence-corrected chi connectivity index (χ3v) is 3.30. The monoisotopic (exact) mass is 275 g/mol. The van der Waals surface area contributed by atoms with Crippen molar-refractivity contribution in [3.8, 4) is 0 Å². The van der Waals surface area contributed by atoms with Crippen LogP contribution in [0.1, 0.15) is 26.3 Å². The molecule has 98 valence electrons. The van der Waals surface area contributed by atoms with E-state index in [1.165, 1.54) is 18.4 Å². The van der Waals surface area contributed by atoms with Crippen LogP contribution >= 0.6 is 11.3 Å². The van der Waals surface area contributed by atoms with Crippen LogP contribution in [-0.2, 0) is 4.74 Å². The van der Waals surface area contributed by atoms with Gasteiger partial charge in [0.2, 0.25) is 0 Å². The molecule has 4 nitrogen and oxygen atoms in total. The number of aryl methyl sites for hydroxylation is 1. The molecule has 1 amide bonds. The van der Waals surface area contributed by atoms with E-state index in [0.29, 0.717) is 16.8 Å². The first-order chi connectivity index (χ1) is 9.11. The molecule has 0 aliphatic carbocycles. The van der Waals surface area contributed by atoms with Gasteiger partial charge in [0.1, 0.15) is 0 Å². The van der Waals surface area contributed by atoms with E-state index in [1.54, 1.807) is 23.6 Å². The quantitative estimate of drug-likeness (QED) is 0.876. The molecular weight excluding hydrogens is 262 g/mol. The first-order valence-electron chi connectivity index (χ1n) is 5.64. The maximum Gasteiger partial charge on any atom is 0.339 e. The summed E-state index contributed by atoms with van der Waals surface area (Å²) in [5.74, 6) is -0.709. The van der Waals surface area contributed by atoms with E-state index in [9.17, 15) is 9.59 Å². The van der Waals surface area contributed by atoms with Crippen LogP contribution in [0.15, 0.2) is 35.0 Å². The third-order valence-electron chi connectivity index (χ3n) is 2.61. The van der Waals surface area contributed by atoms with Gasteiger partial charge in [-0.2, -0.15) is 11.3 Å². The summed E-state index contributed by atoms with van der Waals surface area (Å²) in [6, 6.07) is 6.95. The highest BCUT2D eigenvalue weighted by molar-refractivity contribution is 7.08. The predicted molar refractivity (Wildman–Crippen MR) is 74.8 cm³/mol. The third kappa shape index (κ3) is 3.00. The maximum absolute atomic E-state index is 12.0. The number of benzene rings is 1. The molecule has 0 unspecified atom stereocenters. The van der Waals surface area contributed by atoms with Crippen molar-refractivity contribution in [3.63, 3.8) is 0 Å². The van der Waals surface area contributed by atoms with Gasteiger partial charge >= 0.3 is 5.97 Å². The van der Waals surface area contributed by atoms with Crippen molar-refractivity contribution in [2.24, 2.45) is 0 Å². The lowest BCUT2D eigenvalue weighted by atomic mass is 10.1. The van der Waals surface area contributed by atoms with Crippen molar-refractivity contribution in [2.45, 2.75) is 6.92 Å². The molecule has 2 rings (SSSR count). The Labute approximate surface area is 115 Å². The van der Waals surface area contributed by atoms with Crippen LogP contribution in [0.4, 0.5) is 5.69 Å². The molecule has 0 fully saturated rings. The smallest absolute Gasteiger partial charge is 0.339 e. The molecule has 0 aliphatic heterocycles. The van der Waals surface area contributed by atoms with E-state index in [1.807, 2.05) is 18.4 Å². The summed E-state index contributed by atoms with van der Waals surface area (Å²) in [4.78, 5) is 23.6. The Bertz CT molecular complexity index is 605. The highest BCUT2D eigenvalue weighted by Crippen LogP contribution is 2.19. The van der Waals surface area contributed by atoms with Crippen LogP contribution in [0.2, 0.25) is 0 Å². The summed E-state index contributed by atoms with van der Waals surface area (Å²) in [7, 11) is 1.31. The molecule has 0 aliphatic rings. The van der Waals surface area contributed by atoms with Gasteiger partial charge < -0.3 is 10.1 Å². The molecule has 0 saturated heterocycles. The number of hydrogen-bond acceptors (Lipinski definition) is 4. The van der Waals surface area contributed by atoms with Crippen molar-refractivity contribution < 1.29 is 14.3 Å². The molecule has 0 bridgehead atoms. The molecule has 5 heteroatoms. The fourth-order valence-corrected chi connectivity index (χ4v) is 2.27. The number of ether oxygens (including phenoxy) is 1. The fourth-order valence-electron chi connectivity index (χ4n) is 1.63. The lowest BCUT2D eigenvalue weighted by Crippen LogP contribution is -2.15. The molecule has 19 heavy (non-hydrogen) atoms. The zero-order valence-electron chi connectivity index (χ0n) is 10.6. The van der Waals surface area contributed by atoms with Gasteiger partial charge in [-0.25, -0.2) is 4.79 Å². The van der Waals surface area contributed by atoms with Crippen LogP contribution in [0, 0.1) is 6.92 Å². The molecule has 1 aromatic carbocycles. The maximum atomic E-state index is 12.0. The first-order valence-corrected chi connectivity index (χ1v) is 6.58. The average molecular weight is 275 g/mol. The average Bonchev–Trinajstić information content (AvgIpc) is 2.94. The second kappa shape index (κ2) is 5.67. The largest absolute Gasteiger partial charge is 0.465 e. The fraction of sp³-hybridized carbons (Fsp3) is 0.143. The molecule has 0 saturated carbocycles. The van der Waals surface area contributed by atoms with Gasteiger partial charge in [-0.05, 0) is 30.5 Å². The Morgan fingerprint density at radius 1 is 1.26 bits per heavy atom. The molecule has 0 radical (unpaired) electrons. The normalized spacial score (nSPS) is 10.0. The first kappa shape index (κ1) is 13.3. The number of methoxy groups -OCH3 is 1. The van der Waals surface area contributed by atoms with Crippen LogP contribution in [0.5, 0.6) is 0 Å². The van der Waals surface area contributed by atoms with Crippen molar-refractivity contribution >= 4 is 28.9 Å².